The summed E-state index contributed by atoms with van der Waals surface area (Å²) < 4.78 is 28.6. The molecule has 1 N–H and O–H groups in total. The van der Waals surface area contributed by atoms with Crippen molar-refractivity contribution in [3.8, 4) is 0 Å². The predicted molar refractivity (Wildman–Crippen MR) is 106 cm³/mol. The molecule has 0 bridgehead atoms. The van der Waals surface area contributed by atoms with Crippen LogP contribution in [0.25, 0.3) is 0 Å². The van der Waals surface area contributed by atoms with Gasteiger partial charge in [0.1, 0.15) is 0 Å². The minimum Gasteiger partial charge on any atom is -0.320 e. The average Bonchev–Trinajstić information content (AvgIpc) is 2.64. The Bertz CT molecular complexity index is 889. The van der Waals surface area contributed by atoms with Crippen LogP contribution in [0.15, 0.2) is 47.6 Å². The molecule has 7 heteroatoms. The second kappa shape index (κ2) is 9.10. The van der Waals surface area contributed by atoms with Crippen molar-refractivity contribution in [2.45, 2.75) is 45.6 Å². The Morgan fingerprint density at radius 3 is 2.26 bits per heavy atom. The molecule has 0 unspecified atom stereocenters. The van der Waals surface area contributed by atoms with Crippen molar-refractivity contribution >= 4 is 21.6 Å². The topological polar surface area (TPSA) is 70.4 Å². The first kappa shape index (κ1) is 21.1. The third-order valence-electron chi connectivity index (χ3n) is 4.52. The van der Waals surface area contributed by atoms with Crippen LogP contribution in [0.5, 0.6) is 0 Å². The molecule has 1 aromatic heterocycles. The van der Waals surface area contributed by atoms with Crippen molar-refractivity contribution in [3.05, 3.63) is 53.9 Å². The van der Waals surface area contributed by atoms with Crippen LogP contribution >= 0.6 is 0 Å². The van der Waals surface area contributed by atoms with Crippen LogP contribution < -0.4 is 9.88 Å². The lowest BCUT2D eigenvalue weighted by Gasteiger charge is -2.19. The maximum absolute atomic E-state index is 12.7. The Morgan fingerprint density at radius 2 is 1.70 bits per heavy atom. The number of nitrogens with one attached hydrogen (secondary N) is 1. The van der Waals surface area contributed by atoms with E-state index in [2.05, 4.69) is 12.2 Å². The maximum atomic E-state index is 12.7. The fourth-order valence-electron chi connectivity index (χ4n) is 2.79. The standard InChI is InChI=1S/C20H27N3O3S/c1-5-17-10-12-22(13-11-17)15-20(24)21-19-14-18(9-8-16(19)4)27(25,26)23(6-2)7-3/h8-14H,5-7,15H2,1-4H3/p+1. The second-order valence-electron chi connectivity index (χ2n) is 6.35. The highest BCUT2D eigenvalue weighted by Crippen LogP contribution is 2.23. The van der Waals surface area contributed by atoms with Gasteiger partial charge in [-0.2, -0.15) is 8.87 Å². The Hall–Kier alpha value is -2.25. The van der Waals surface area contributed by atoms with Crippen LogP contribution in [0.1, 0.15) is 31.9 Å². The van der Waals surface area contributed by atoms with Gasteiger partial charge in [-0.25, -0.2) is 8.42 Å². The van der Waals surface area contributed by atoms with E-state index < -0.39 is 10.0 Å². The zero-order valence-corrected chi connectivity index (χ0v) is 17.2. The average molecular weight is 391 g/mol. The zero-order chi connectivity index (χ0) is 20.0. The lowest BCUT2D eigenvalue weighted by molar-refractivity contribution is -0.684. The summed E-state index contributed by atoms with van der Waals surface area (Å²) in [5.41, 5.74) is 2.53. The van der Waals surface area contributed by atoms with Crippen LogP contribution in [-0.4, -0.2) is 31.7 Å². The first-order chi connectivity index (χ1) is 12.8. The first-order valence-electron chi connectivity index (χ1n) is 9.20. The van der Waals surface area contributed by atoms with Crippen LogP contribution in [-0.2, 0) is 27.8 Å². The summed E-state index contributed by atoms with van der Waals surface area (Å²) in [6.45, 7) is 8.49. The van der Waals surface area contributed by atoms with Gasteiger partial charge in [0.25, 0.3) is 5.91 Å². The number of pyridine rings is 1. The smallest absolute Gasteiger partial charge is 0.290 e. The van der Waals surface area contributed by atoms with Gasteiger partial charge >= 0.3 is 0 Å². The summed E-state index contributed by atoms with van der Waals surface area (Å²) in [6, 6.07) is 8.80. The molecule has 0 radical (unpaired) electrons. The van der Waals surface area contributed by atoms with Gasteiger partial charge < -0.3 is 5.32 Å². The molecule has 146 valence electrons. The summed E-state index contributed by atoms with van der Waals surface area (Å²) in [6.07, 6.45) is 4.68. The SMILES string of the molecule is CCc1cc[n+](CC(=O)Nc2cc(S(=O)(=O)N(CC)CC)ccc2C)cc1. The minimum absolute atomic E-state index is 0.163. The summed E-state index contributed by atoms with van der Waals surface area (Å²) in [4.78, 5) is 12.6. The Kier molecular flexibility index (Phi) is 7.10. The molecule has 2 rings (SSSR count). The molecule has 0 saturated heterocycles. The number of carbonyl (C=O) groups excluding carboxylic acids is 1. The normalized spacial score (nSPS) is 11.6. The number of carbonyl (C=O) groups is 1. The van der Waals surface area contributed by atoms with E-state index in [0.29, 0.717) is 18.8 Å². The van der Waals surface area contributed by atoms with Crippen molar-refractivity contribution < 1.29 is 17.8 Å². The highest BCUT2D eigenvalue weighted by Gasteiger charge is 2.22. The highest BCUT2D eigenvalue weighted by molar-refractivity contribution is 7.89. The number of aromatic nitrogens is 1. The highest BCUT2D eigenvalue weighted by atomic mass is 32.2. The van der Waals surface area contributed by atoms with Crippen molar-refractivity contribution in [2.75, 3.05) is 18.4 Å². The van der Waals surface area contributed by atoms with Crippen LogP contribution in [0.4, 0.5) is 5.69 Å². The largest absolute Gasteiger partial charge is 0.320 e. The molecule has 0 aliphatic carbocycles. The van der Waals surface area contributed by atoms with E-state index in [9.17, 15) is 13.2 Å². The molecule has 0 aliphatic heterocycles. The molecular formula is C20H28N3O3S+. The molecule has 1 heterocycles. The second-order valence-corrected chi connectivity index (χ2v) is 8.28. The van der Waals surface area contributed by atoms with Gasteiger partial charge in [0.05, 0.1) is 4.90 Å². The summed E-state index contributed by atoms with van der Waals surface area (Å²) in [5, 5.41) is 2.83. The number of rotatable bonds is 8. The predicted octanol–water partition coefficient (Wildman–Crippen LogP) is 2.51. The van der Waals surface area contributed by atoms with Gasteiger partial charge in [0.15, 0.2) is 12.4 Å². The Morgan fingerprint density at radius 1 is 1.07 bits per heavy atom. The summed E-state index contributed by atoms with van der Waals surface area (Å²) in [7, 11) is -3.57. The van der Waals surface area contributed by atoms with E-state index in [4.69, 9.17) is 0 Å². The number of hydrogen-bond donors (Lipinski definition) is 1. The molecule has 0 saturated carbocycles. The number of amides is 1. The number of hydrogen-bond acceptors (Lipinski definition) is 3. The lowest BCUT2D eigenvalue weighted by Crippen LogP contribution is -2.39. The van der Waals surface area contributed by atoms with E-state index in [1.54, 1.807) is 30.5 Å². The molecule has 27 heavy (non-hydrogen) atoms. The number of benzene rings is 1. The van der Waals surface area contributed by atoms with Crippen molar-refractivity contribution in [1.29, 1.82) is 0 Å². The third kappa shape index (κ3) is 5.14. The minimum atomic E-state index is -3.57. The molecule has 0 atom stereocenters. The van der Waals surface area contributed by atoms with E-state index in [1.165, 1.54) is 15.9 Å². The first-order valence-corrected chi connectivity index (χ1v) is 10.6. The van der Waals surface area contributed by atoms with Crippen LogP contribution in [0.3, 0.4) is 0 Å². The molecule has 0 aliphatic rings. The molecule has 2 aromatic rings. The number of sulfonamides is 1. The number of nitrogens with zero attached hydrogens (tertiary/aromatic N) is 2. The zero-order valence-electron chi connectivity index (χ0n) is 16.4. The molecule has 1 aromatic carbocycles. The maximum Gasteiger partial charge on any atom is 0.290 e. The monoisotopic (exact) mass is 390 g/mol. The summed E-state index contributed by atoms with van der Waals surface area (Å²) in [5.74, 6) is -0.204. The Balaban J connectivity index is 2.19. The van der Waals surface area contributed by atoms with Crippen molar-refractivity contribution in [1.82, 2.24) is 4.31 Å². The van der Waals surface area contributed by atoms with Crippen LogP contribution in [0, 0.1) is 6.92 Å². The molecular weight excluding hydrogens is 362 g/mol. The van der Waals surface area contributed by atoms with Gasteiger partial charge in [0.2, 0.25) is 16.6 Å². The van der Waals surface area contributed by atoms with E-state index in [0.717, 1.165) is 12.0 Å². The van der Waals surface area contributed by atoms with Crippen LogP contribution in [0.2, 0.25) is 0 Å². The number of anilines is 1. The summed E-state index contributed by atoms with van der Waals surface area (Å²) >= 11 is 0. The lowest BCUT2D eigenvalue weighted by atomic mass is 10.2. The van der Waals surface area contributed by atoms with E-state index in [1.807, 2.05) is 31.5 Å². The Labute approximate surface area is 161 Å². The van der Waals surface area contributed by atoms with Gasteiger partial charge in [-0.05, 0) is 36.6 Å². The fourth-order valence-corrected chi connectivity index (χ4v) is 4.28. The van der Waals surface area contributed by atoms with Gasteiger partial charge in [-0.15, -0.1) is 0 Å². The van der Waals surface area contributed by atoms with Crippen molar-refractivity contribution in [2.24, 2.45) is 0 Å². The fraction of sp³-hybridized carbons (Fsp3) is 0.400. The van der Waals surface area contributed by atoms with E-state index in [-0.39, 0.29) is 17.3 Å². The molecule has 6 nitrogen and oxygen atoms in total. The van der Waals surface area contributed by atoms with Crippen molar-refractivity contribution in [3.63, 3.8) is 0 Å². The van der Waals surface area contributed by atoms with Gasteiger partial charge in [-0.1, -0.05) is 26.8 Å². The van der Waals surface area contributed by atoms with E-state index >= 15 is 0 Å². The van der Waals surface area contributed by atoms with Gasteiger partial charge in [0, 0.05) is 30.9 Å². The van der Waals surface area contributed by atoms with Gasteiger partial charge in [-0.3, -0.25) is 4.79 Å². The quantitative estimate of drug-likeness (QED) is 0.704. The molecule has 1 amide bonds. The molecule has 0 fully saturated rings. The third-order valence-corrected chi connectivity index (χ3v) is 6.57. The number of aryl methyl sites for hydroxylation is 2. The molecule has 0 spiro atoms.